The number of para-hydroxylation sites is 1. The Morgan fingerprint density at radius 1 is 1.22 bits per heavy atom. The minimum Gasteiger partial charge on any atom is -0.486 e. The van der Waals surface area contributed by atoms with E-state index >= 15 is 0 Å². The molecule has 0 unspecified atom stereocenters. The van der Waals surface area contributed by atoms with Crippen LogP contribution in [0.1, 0.15) is 10.4 Å². The van der Waals surface area contributed by atoms with Gasteiger partial charge in [-0.05, 0) is 12.1 Å². The zero-order valence-electron chi connectivity index (χ0n) is 12.9. The van der Waals surface area contributed by atoms with Gasteiger partial charge in [-0.1, -0.05) is 6.07 Å². The number of ether oxygens (including phenoxy) is 3. The molecule has 4 rings (SSSR count). The van der Waals surface area contributed by atoms with Gasteiger partial charge in [0, 0.05) is 20.1 Å². The molecule has 3 aliphatic heterocycles. The van der Waals surface area contributed by atoms with E-state index in [1.165, 1.54) is 0 Å². The lowest BCUT2D eigenvalue weighted by Gasteiger charge is -2.33. The largest absolute Gasteiger partial charge is 0.486 e. The van der Waals surface area contributed by atoms with Crippen LogP contribution in [0.25, 0.3) is 0 Å². The summed E-state index contributed by atoms with van der Waals surface area (Å²) in [7, 11) is 1.76. The van der Waals surface area contributed by atoms with E-state index in [-0.39, 0.29) is 30.6 Å². The average molecular weight is 318 g/mol. The minimum absolute atomic E-state index is 0.0469. The highest BCUT2D eigenvalue weighted by Gasteiger charge is 2.43. The summed E-state index contributed by atoms with van der Waals surface area (Å²) in [6, 6.07) is 5.24. The van der Waals surface area contributed by atoms with Gasteiger partial charge in [0.05, 0.1) is 17.7 Å². The second-order valence-corrected chi connectivity index (χ2v) is 5.96. The van der Waals surface area contributed by atoms with Crippen LogP contribution in [0.4, 0.5) is 0 Å². The third kappa shape index (κ3) is 2.31. The Labute approximate surface area is 133 Å². The zero-order valence-corrected chi connectivity index (χ0v) is 12.9. The van der Waals surface area contributed by atoms with Crippen LogP contribution in [0.5, 0.6) is 11.5 Å². The van der Waals surface area contributed by atoms with Crippen LogP contribution >= 0.6 is 0 Å². The predicted octanol–water partition coefficient (Wildman–Crippen LogP) is 0.139. The summed E-state index contributed by atoms with van der Waals surface area (Å²) in [5.74, 6) is 0.937. The fourth-order valence-corrected chi connectivity index (χ4v) is 3.34. The van der Waals surface area contributed by atoms with Crippen molar-refractivity contribution in [3.63, 3.8) is 0 Å². The molecule has 0 aromatic heterocycles. The number of rotatable bonds is 1. The van der Waals surface area contributed by atoms with Gasteiger partial charge < -0.3 is 24.0 Å². The van der Waals surface area contributed by atoms with Crippen LogP contribution in [0.2, 0.25) is 0 Å². The lowest BCUT2D eigenvalue weighted by atomic mass is 10.1. The smallest absolute Gasteiger partial charge is 0.257 e. The number of nitrogens with zero attached hydrogens (tertiary/aromatic N) is 2. The van der Waals surface area contributed by atoms with Gasteiger partial charge >= 0.3 is 0 Å². The number of fused-ring (bicyclic) bond motifs is 2. The Hall–Kier alpha value is -2.28. The van der Waals surface area contributed by atoms with Gasteiger partial charge in [-0.25, -0.2) is 0 Å². The second kappa shape index (κ2) is 5.42. The summed E-state index contributed by atoms with van der Waals surface area (Å²) in [4.78, 5) is 28.0. The number of morpholine rings is 1. The van der Waals surface area contributed by atoms with Crippen LogP contribution in [-0.4, -0.2) is 73.7 Å². The molecule has 2 fully saturated rings. The molecule has 3 aliphatic rings. The van der Waals surface area contributed by atoms with Crippen LogP contribution in [0, 0.1) is 0 Å². The fraction of sp³-hybridized carbons (Fsp3) is 0.500. The van der Waals surface area contributed by atoms with Crippen molar-refractivity contribution in [3.8, 4) is 11.5 Å². The molecule has 122 valence electrons. The summed E-state index contributed by atoms with van der Waals surface area (Å²) >= 11 is 0. The number of hydrogen-bond donors (Lipinski definition) is 0. The molecule has 7 nitrogen and oxygen atoms in total. The first-order valence-corrected chi connectivity index (χ1v) is 7.70. The first-order valence-electron chi connectivity index (χ1n) is 7.70. The Morgan fingerprint density at radius 2 is 2.04 bits per heavy atom. The van der Waals surface area contributed by atoms with Gasteiger partial charge in [0.2, 0.25) is 5.91 Å². The zero-order chi connectivity index (χ0) is 16.0. The topological polar surface area (TPSA) is 68.3 Å². The Morgan fingerprint density at radius 3 is 2.91 bits per heavy atom. The number of likely N-dealkylation sites (N-methyl/N-ethyl adjacent to an activating group) is 1. The van der Waals surface area contributed by atoms with Crippen molar-refractivity contribution in [2.45, 2.75) is 12.1 Å². The molecule has 0 radical (unpaired) electrons. The highest BCUT2D eigenvalue weighted by Crippen LogP contribution is 2.35. The van der Waals surface area contributed by atoms with Crippen molar-refractivity contribution in [3.05, 3.63) is 23.8 Å². The Bertz CT molecular complexity index is 662. The summed E-state index contributed by atoms with van der Waals surface area (Å²) < 4.78 is 16.7. The van der Waals surface area contributed by atoms with E-state index in [0.29, 0.717) is 43.4 Å². The third-order valence-corrected chi connectivity index (χ3v) is 4.63. The summed E-state index contributed by atoms with van der Waals surface area (Å²) in [5, 5.41) is 0. The summed E-state index contributed by atoms with van der Waals surface area (Å²) in [6.45, 7) is 1.95. The van der Waals surface area contributed by atoms with E-state index in [0.717, 1.165) is 0 Å². The van der Waals surface area contributed by atoms with Gasteiger partial charge in [-0.3, -0.25) is 9.59 Å². The van der Waals surface area contributed by atoms with Crippen molar-refractivity contribution >= 4 is 11.8 Å². The maximum atomic E-state index is 12.9. The van der Waals surface area contributed by atoms with Crippen molar-refractivity contribution in [1.29, 1.82) is 0 Å². The number of carbonyl (C=O) groups excluding carboxylic acids is 2. The first kappa shape index (κ1) is 14.3. The SMILES string of the molecule is CN1C(=O)CO[C@H]2CN(C(=O)c3cccc4c3OCCO4)C[C@@H]21. The van der Waals surface area contributed by atoms with Gasteiger partial charge in [0.15, 0.2) is 11.5 Å². The molecule has 0 bridgehead atoms. The number of hydrogen-bond acceptors (Lipinski definition) is 5. The van der Waals surface area contributed by atoms with Crippen LogP contribution in [-0.2, 0) is 9.53 Å². The predicted molar refractivity (Wildman–Crippen MR) is 79.6 cm³/mol. The number of benzene rings is 1. The van der Waals surface area contributed by atoms with Gasteiger partial charge in [-0.15, -0.1) is 0 Å². The normalized spacial score (nSPS) is 26.2. The van der Waals surface area contributed by atoms with Crippen LogP contribution in [0.3, 0.4) is 0 Å². The molecule has 23 heavy (non-hydrogen) atoms. The first-order chi connectivity index (χ1) is 11.1. The molecule has 0 spiro atoms. The van der Waals surface area contributed by atoms with Crippen molar-refractivity contribution in [2.24, 2.45) is 0 Å². The quantitative estimate of drug-likeness (QED) is 0.737. The maximum absolute atomic E-state index is 12.9. The molecule has 1 aromatic carbocycles. The van der Waals surface area contributed by atoms with Crippen molar-refractivity contribution in [2.75, 3.05) is 40.0 Å². The molecule has 3 heterocycles. The molecule has 2 atom stereocenters. The lowest BCUT2D eigenvalue weighted by Crippen LogP contribution is -2.51. The molecule has 7 heteroatoms. The van der Waals surface area contributed by atoms with Gasteiger partial charge in [-0.2, -0.15) is 0 Å². The van der Waals surface area contributed by atoms with E-state index in [1.807, 2.05) is 0 Å². The number of likely N-dealkylation sites (tertiary alicyclic amines) is 1. The van der Waals surface area contributed by atoms with E-state index in [9.17, 15) is 9.59 Å². The van der Waals surface area contributed by atoms with Gasteiger partial charge in [0.1, 0.15) is 19.8 Å². The maximum Gasteiger partial charge on any atom is 0.257 e. The molecule has 0 saturated carbocycles. The highest BCUT2D eigenvalue weighted by atomic mass is 16.6. The van der Waals surface area contributed by atoms with Crippen LogP contribution < -0.4 is 9.47 Å². The fourth-order valence-electron chi connectivity index (χ4n) is 3.34. The molecule has 2 saturated heterocycles. The monoisotopic (exact) mass is 318 g/mol. The molecule has 2 amide bonds. The highest BCUT2D eigenvalue weighted by molar-refractivity contribution is 5.98. The molecule has 1 aromatic rings. The number of carbonyl (C=O) groups is 2. The third-order valence-electron chi connectivity index (χ3n) is 4.63. The Balaban J connectivity index is 1.58. The van der Waals surface area contributed by atoms with E-state index in [1.54, 1.807) is 35.0 Å². The van der Waals surface area contributed by atoms with E-state index in [4.69, 9.17) is 14.2 Å². The van der Waals surface area contributed by atoms with E-state index in [2.05, 4.69) is 0 Å². The molecule has 0 aliphatic carbocycles. The average Bonchev–Trinajstić information content (AvgIpc) is 3.02. The standard InChI is InChI=1S/C16H18N2O5/c1-17-11-7-18(8-13(11)23-9-14(17)19)16(20)10-3-2-4-12-15(10)22-6-5-21-12/h2-4,11,13H,5-9H2,1H3/t11-,13-/m0/s1. The van der Waals surface area contributed by atoms with Crippen molar-refractivity contribution in [1.82, 2.24) is 9.80 Å². The number of amides is 2. The Kier molecular flexibility index (Phi) is 3.37. The second-order valence-electron chi connectivity index (χ2n) is 5.96. The minimum atomic E-state index is -0.127. The van der Waals surface area contributed by atoms with Crippen molar-refractivity contribution < 1.29 is 23.8 Å². The summed E-state index contributed by atoms with van der Waals surface area (Å²) in [6.07, 6.45) is -0.127. The lowest BCUT2D eigenvalue weighted by molar-refractivity contribution is -0.150. The van der Waals surface area contributed by atoms with Crippen LogP contribution in [0.15, 0.2) is 18.2 Å². The summed E-state index contributed by atoms with van der Waals surface area (Å²) in [5.41, 5.74) is 0.495. The molecule has 0 N–H and O–H groups in total. The van der Waals surface area contributed by atoms with Gasteiger partial charge in [0.25, 0.3) is 5.91 Å². The molecular formula is C16H18N2O5. The van der Waals surface area contributed by atoms with E-state index < -0.39 is 0 Å². The molecular weight excluding hydrogens is 300 g/mol.